The molecule has 1 saturated heterocycles. The first-order valence-corrected chi connectivity index (χ1v) is 5.88. The van der Waals surface area contributed by atoms with E-state index in [9.17, 15) is 9.59 Å². The van der Waals surface area contributed by atoms with Crippen LogP contribution in [0.4, 0.5) is 0 Å². The van der Waals surface area contributed by atoms with Crippen LogP contribution in [0.1, 0.15) is 32.1 Å². The lowest BCUT2D eigenvalue weighted by atomic mass is 10.1. The molecule has 0 unspecified atom stereocenters. The van der Waals surface area contributed by atoms with Crippen molar-refractivity contribution in [1.82, 2.24) is 5.32 Å². The van der Waals surface area contributed by atoms with Gasteiger partial charge in [0.15, 0.2) is 0 Å². The average Bonchev–Trinajstić information content (AvgIpc) is 2.89. The second-order valence-corrected chi connectivity index (χ2v) is 4.64. The molecule has 2 amide bonds. The van der Waals surface area contributed by atoms with Gasteiger partial charge in [0.05, 0.1) is 0 Å². The van der Waals surface area contributed by atoms with Gasteiger partial charge in [-0.15, -0.1) is 0 Å². The highest BCUT2D eigenvalue weighted by molar-refractivity contribution is 5.88. The smallest absolute Gasteiger partial charge is 0.249 e. The van der Waals surface area contributed by atoms with Crippen LogP contribution in [0.3, 0.4) is 0 Å². The number of primary amides is 1. The number of nitrogens with two attached hydrogens (primary N) is 1. The van der Waals surface area contributed by atoms with Crippen molar-refractivity contribution >= 4 is 11.8 Å². The topological polar surface area (TPSA) is 81.4 Å². The fraction of sp³-hybridized carbons (Fsp3) is 0.818. The third-order valence-electron chi connectivity index (χ3n) is 3.15. The van der Waals surface area contributed by atoms with Crippen molar-refractivity contribution in [2.24, 2.45) is 11.7 Å². The van der Waals surface area contributed by atoms with E-state index in [1.807, 2.05) is 0 Å². The first-order chi connectivity index (χ1) is 7.66. The molecule has 5 nitrogen and oxygen atoms in total. The predicted molar refractivity (Wildman–Crippen MR) is 57.4 cm³/mol. The number of carbonyl (C=O) groups is 2. The summed E-state index contributed by atoms with van der Waals surface area (Å²) in [4.78, 5) is 22.9. The third kappa shape index (κ3) is 2.95. The van der Waals surface area contributed by atoms with Crippen molar-refractivity contribution in [2.45, 2.75) is 44.2 Å². The van der Waals surface area contributed by atoms with Crippen molar-refractivity contribution in [3.8, 4) is 0 Å². The van der Waals surface area contributed by atoms with Gasteiger partial charge in [-0.1, -0.05) is 12.8 Å². The zero-order valence-corrected chi connectivity index (χ0v) is 9.28. The lowest BCUT2D eigenvalue weighted by molar-refractivity contribution is -0.133. The van der Waals surface area contributed by atoms with E-state index in [0.29, 0.717) is 18.9 Å². The highest BCUT2D eigenvalue weighted by atomic mass is 16.5. The normalized spacial score (nSPS) is 26.4. The van der Waals surface area contributed by atoms with Crippen LogP contribution >= 0.6 is 0 Å². The Kier molecular flexibility index (Phi) is 3.43. The van der Waals surface area contributed by atoms with E-state index in [2.05, 4.69) is 5.32 Å². The van der Waals surface area contributed by atoms with E-state index < -0.39 is 11.9 Å². The van der Waals surface area contributed by atoms with Crippen LogP contribution in [0.2, 0.25) is 0 Å². The van der Waals surface area contributed by atoms with Crippen LogP contribution in [0.25, 0.3) is 0 Å². The van der Waals surface area contributed by atoms with Crippen LogP contribution in [0, 0.1) is 5.92 Å². The van der Waals surface area contributed by atoms with E-state index in [1.54, 1.807) is 0 Å². The molecular weight excluding hydrogens is 208 g/mol. The predicted octanol–water partition coefficient (Wildman–Crippen LogP) is -0.0644. The second-order valence-electron chi connectivity index (χ2n) is 4.64. The molecule has 3 N–H and O–H groups in total. The van der Waals surface area contributed by atoms with Gasteiger partial charge in [0, 0.05) is 6.61 Å². The zero-order chi connectivity index (χ0) is 11.5. The highest BCUT2D eigenvalue weighted by Crippen LogP contribution is 2.33. The highest BCUT2D eigenvalue weighted by Gasteiger charge is 2.31. The zero-order valence-electron chi connectivity index (χ0n) is 9.28. The Labute approximate surface area is 94.7 Å². The van der Waals surface area contributed by atoms with E-state index >= 15 is 0 Å². The molecule has 0 aromatic carbocycles. The van der Waals surface area contributed by atoms with Crippen LogP contribution < -0.4 is 11.1 Å². The monoisotopic (exact) mass is 226 g/mol. The summed E-state index contributed by atoms with van der Waals surface area (Å²) in [6.45, 7) is 0.627. The SMILES string of the molecule is NC(=O)[C@H](CC1CC1)NC(=O)[C@H]1CCCO1. The largest absolute Gasteiger partial charge is 0.368 e. The van der Waals surface area contributed by atoms with E-state index in [1.165, 1.54) is 0 Å². The molecule has 0 bridgehead atoms. The molecule has 1 aliphatic carbocycles. The Bertz CT molecular complexity index is 283. The van der Waals surface area contributed by atoms with Crippen molar-refractivity contribution in [3.63, 3.8) is 0 Å². The van der Waals surface area contributed by atoms with E-state index in [0.717, 1.165) is 25.7 Å². The Morgan fingerprint density at radius 3 is 2.62 bits per heavy atom. The Balaban J connectivity index is 1.83. The molecule has 1 saturated carbocycles. The van der Waals surface area contributed by atoms with Crippen molar-refractivity contribution in [3.05, 3.63) is 0 Å². The van der Waals surface area contributed by atoms with Crippen molar-refractivity contribution in [1.29, 1.82) is 0 Å². The van der Waals surface area contributed by atoms with Gasteiger partial charge in [-0.05, 0) is 25.2 Å². The molecule has 16 heavy (non-hydrogen) atoms. The maximum absolute atomic E-state index is 11.7. The molecule has 5 heteroatoms. The van der Waals surface area contributed by atoms with Gasteiger partial charge < -0.3 is 15.8 Å². The molecule has 0 spiro atoms. The van der Waals surface area contributed by atoms with Crippen LogP contribution in [0.15, 0.2) is 0 Å². The third-order valence-corrected chi connectivity index (χ3v) is 3.15. The lowest BCUT2D eigenvalue weighted by Gasteiger charge is -2.17. The maximum atomic E-state index is 11.7. The van der Waals surface area contributed by atoms with Crippen LogP contribution in [0.5, 0.6) is 0 Å². The van der Waals surface area contributed by atoms with Gasteiger partial charge >= 0.3 is 0 Å². The molecule has 0 radical (unpaired) electrons. The van der Waals surface area contributed by atoms with Gasteiger partial charge in [-0.3, -0.25) is 9.59 Å². The summed E-state index contributed by atoms with van der Waals surface area (Å²) in [6, 6.07) is -0.524. The van der Waals surface area contributed by atoms with Crippen molar-refractivity contribution < 1.29 is 14.3 Å². The standard InChI is InChI=1S/C11H18N2O3/c12-10(14)8(6-7-3-4-7)13-11(15)9-2-1-5-16-9/h7-9H,1-6H2,(H2,12,14)(H,13,15)/t8-,9+/m0/s1. The van der Waals surface area contributed by atoms with Crippen LogP contribution in [-0.2, 0) is 14.3 Å². The van der Waals surface area contributed by atoms with E-state index in [4.69, 9.17) is 10.5 Å². The van der Waals surface area contributed by atoms with Gasteiger partial charge in [-0.25, -0.2) is 0 Å². The first kappa shape index (κ1) is 11.4. The first-order valence-electron chi connectivity index (χ1n) is 5.88. The molecule has 1 aliphatic heterocycles. The van der Waals surface area contributed by atoms with Crippen LogP contribution in [-0.4, -0.2) is 30.6 Å². The molecule has 0 aromatic heterocycles. The number of carbonyl (C=O) groups excluding carboxylic acids is 2. The summed E-state index contributed by atoms with van der Waals surface area (Å²) in [6.07, 6.45) is 4.20. The Hall–Kier alpha value is -1.10. The van der Waals surface area contributed by atoms with Gasteiger partial charge in [-0.2, -0.15) is 0 Å². The number of nitrogens with one attached hydrogen (secondary N) is 1. The minimum Gasteiger partial charge on any atom is -0.368 e. The van der Waals surface area contributed by atoms with E-state index in [-0.39, 0.29) is 12.0 Å². The average molecular weight is 226 g/mol. The lowest BCUT2D eigenvalue weighted by Crippen LogP contribution is -2.48. The minimum absolute atomic E-state index is 0.193. The number of hydrogen-bond acceptors (Lipinski definition) is 3. The fourth-order valence-corrected chi connectivity index (χ4v) is 1.98. The summed E-state index contributed by atoms with van der Waals surface area (Å²) in [7, 11) is 0. The quantitative estimate of drug-likeness (QED) is 0.688. The molecular formula is C11H18N2O3. The molecule has 2 aliphatic rings. The van der Waals surface area contributed by atoms with Gasteiger partial charge in [0.25, 0.3) is 0 Å². The molecule has 2 rings (SSSR count). The maximum Gasteiger partial charge on any atom is 0.249 e. The number of hydrogen-bond donors (Lipinski definition) is 2. The molecule has 0 aromatic rings. The van der Waals surface area contributed by atoms with Gasteiger partial charge in [0.2, 0.25) is 11.8 Å². The number of rotatable bonds is 5. The Morgan fingerprint density at radius 2 is 2.12 bits per heavy atom. The van der Waals surface area contributed by atoms with Gasteiger partial charge in [0.1, 0.15) is 12.1 Å². The molecule has 2 fully saturated rings. The summed E-state index contributed by atoms with van der Waals surface area (Å²) >= 11 is 0. The summed E-state index contributed by atoms with van der Waals surface area (Å²) in [5.41, 5.74) is 5.27. The minimum atomic E-state index is -0.524. The van der Waals surface area contributed by atoms with Crippen molar-refractivity contribution in [2.75, 3.05) is 6.61 Å². The number of ether oxygens (including phenoxy) is 1. The Morgan fingerprint density at radius 1 is 1.38 bits per heavy atom. The number of amides is 2. The molecule has 2 atom stereocenters. The second kappa shape index (κ2) is 4.82. The summed E-state index contributed by atoms with van der Waals surface area (Å²) in [5, 5.41) is 2.69. The summed E-state index contributed by atoms with van der Waals surface area (Å²) in [5.74, 6) is -0.0810. The molecule has 1 heterocycles. The fourth-order valence-electron chi connectivity index (χ4n) is 1.98. The molecule has 90 valence electrons. The summed E-state index contributed by atoms with van der Waals surface area (Å²) < 4.78 is 5.25.